The van der Waals surface area contributed by atoms with Gasteiger partial charge in [-0.2, -0.15) is 0 Å². The normalized spacial score (nSPS) is 10.3. The fraction of sp³-hybridized carbons (Fsp3) is 0.105. The minimum absolute atomic E-state index is 0.313. The van der Waals surface area contributed by atoms with E-state index < -0.39 is 0 Å². The molecule has 1 heterocycles. The van der Waals surface area contributed by atoms with Crippen LogP contribution in [0.1, 0.15) is 5.56 Å². The van der Waals surface area contributed by atoms with Crippen molar-refractivity contribution in [3.8, 4) is 22.6 Å². The summed E-state index contributed by atoms with van der Waals surface area (Å²) in [7, 11) is 1.56. The Labute approximate surface area is 134 Å². The van der Waals surface area contributed by atoms with Crippen molar-refractivity contribution in [2.45, 2.75) is 6.61 Å². The van der Waals surface area contributed by atoms with Crippen LogP contribution in [-0.2, 0) is 6.61 Å². The van der Waals surface area contributed by atoms with Crippen molar-refractivity contribution in [2.24, 2.45) is 0 Å². The van der Waals surface area contributed by atoms with Gasteiger partial charge in [0, 0.05) is 29.1 Å². The van der Waals surface area contributed by atoms with E-state index in [0.29, 0.717) is 17.9 Å². The number of halogens is 1. The highest BCUT2D eigenvalue weighted by Crippen LogP contribution is 2.30. The van der Waals surface area contributed by atoms with Gasteiger partial charge in [0.2, 0.25) is 0 Å². The van der Waals surface area contributed by atoms with Crippen molar-refractivity contribution < 1.29 is 13.9 Å². The minimum Gasteiger partial charge on any atom is -0.496 e. The molecule has 0 aliphatic rings. The van der Waals surface area contributed by atoms with Gasteiger partial charge in [0.15, 0.2) is 0 Å². The molecule has 0 radical (unpaired) electrons. The molecule has 0 N–H and O–H groups in total. The van der Waals surface area contributed by atoms with Crippen LogP contribution in [0.2, 0.25) is 0 Å². The van der Waals surface area contributed by atoms with Crippen LogP contribution in [0.4, 0.5) is 4.39 Å². The lowest BCUT2D eigenvalue weighted by molar-refractivity contribution is 0.306. The average molecular weight is 309 g/mol. The van der Waals surface area contributed by atoms with Crippen molar-refractivity contribution >= 4 is 0 Å². The second-order valence-electron chi connectivity index (χ2n) is 5.03. The molecule has 4 heteroatoms. The number of hydrogen-bond acceptors (Lipinski definition) is 3. The van der Waals surface area contributed by atoms with Gasteiger partial charge in [-0.25, -0.2) is 4.39 Å². The second kappa shape index (κ2) is 6.92. The Morgan fingerprint density at radius 3 is 2.61 bits per heavy atom. The maximum absolute atomic E-state index is 13.5. The number of benzene rings is 2. The summed E-state index contributed by atoms with van der Waals surface area (Å²) in [6.45, 7) is 0.391. The smallest absolute Gasteiger partial charge is 0.126 e. The Balaban J connectivity index is 1.84. The molecule has 0 aliphatic heterocycles. The van der Waals surface area contributed by atoms with Gasteiger partial charge in [-0.15, -0.1) is 0 Å². The molecule has 0 amide bonds. The monoisotopic (exact) mass is 309 g/mol. The van der Waals surface area contributed by atoms with E-state index in [1.807, 2.05) is 36.4 Å². The molecular formula is C19H16FNO2. The third-order valence-corrected chi connectivity index (χ3v) is 3.42. The van der Waals surface area contributed by atoms with E-state index in [4.69, 9.17) is 9.47 Å². The van der Waals surface area contributed by atoms with E-state index in [2.05, 4.69) is 4.98 Å². The quantitative estimate of drug-likeness (QED) is 0.696. The van der Waals surface area contributed by atoms with Crippen LogP contribution >= 0.6 is 0 Å². The molecule has 0 aliphatic carbocycles. The molecule has 0 bridgehead atoms. The maximum atomic E-state index is 13.5. The highest BCUT2D eigenvalue weighted by molar-refractivity contribution is 5.70. The zero-order valence-electron chi connectivity index (χ0n) is 12.7. The molecule has 0 spiro atoms. The summed E-state index contributed by atoms with van der Waals surface area (Å²) in [4.78, 5) is 4.22. The molecule has 116 valence electrons. The number of hydrogen-bond donors (Lipinski definition) is 0. The van der Waals surface area contributed by atoms with Crippen LogP contribution < -0.4 is 9.47 Å². The van der Waals surface area contributed by atoms with Crippen molar-refractivity contribution in [1.29, 1.82) is 0 Å². The predicted molar refractivity (Wildman–Crippen MR) is 87.0 cm³/mol. The molecule has 23 heavy (non-hydrogen) atoms. The van der Waals surface area contributed by atoms with Gasteiger partial charge in [-0.1, -0.05) is 18.2 Å². The second-order valence-corrected chi connectivity index (χ2v) is 5.03. The molecule has 1 aromatic heterocycles. The summed E-state index contributed by atoms with van der Waals surface area (Å²) in [5.41, 5.74) is 2.36. The first-order valence-corrected chi connectivity index (χ1v) is 7.22. The van der Waals surface area contributed by atoms with Crippen molar-refractivity contribution in [3.05, 3.63) is 78.4 Å². The summed E-state index contributed by atoms with van der Waals surface area (Å²) in [6.07, 6.45) is 3.42. The van der Waals surface area contributed by atoms with E-state index in [9.17, 15) is 4.39 Å². The molecule has 2 aromatic carbocycles. The Kier molecular flexibility index (Phi) is 4.52. The molecule has 0 saturated carbocycles. The number of nitrogens with zero attached hydrogens (tertiary/aromatic N) is 1. The first-order valence-electron chi connectivity index (χ1n) is 7.22. The fourth-order valence-electron chi connectivity index (χ4n) is 2.30. The molecule has 3 aromatic rings. The van der Waals surface area contributed by atoms with Crippen molar-refractivity contribution in [2.75, 3.05) is 7.11 Å². The molecule has 0 atom stereocenters. The van der Waals surface area contributed by atoms with E-state index in [1.165, 1.54) is 12.1 Å². The highest BCUT2D eigenvalue weighted by Gasteiger charge is 2.09. The van der Waals surface area contributed by atoms with Gasteiger partial charge in [-0.3, -0.25) is 4.98 Å². The van der Waals surface area contributed by atoms with Gasteiger partial charge in [-0.05, 0) is 36.4 Å². The average Bonchev–Trinajstić information content (AvgIpc) is 2.61. The van der Waals surface area contributed by atoms with Gasteiger partial charge in [0.1, 0.15) is 23.9 Å². The summed E-state index contributed by atoms with van der Waals surface area (Å²) >= 11 is 0. The largest absolute Gasteiger partial charge is 0.496 e. The van der Waals surface area contributed by atoms with Crippen LogP contribution in [0.3, 0.4) is 0 Å². The van der Waals surface area contributed by atoms with E-state index in [0.717, 1.165) is 16.9 Å². The van der Waals surface area contributed by atoms with Crippen LogP contribution in [0.25, 0.3) is 11.1 Å². The Hall–Kier alpha value is -2.88. The predicted octanol–water partition coefficient (Wildman–Crippen LogP) is 4.48. The lowest BCUT2D eigenvalue weighted by atomic mass is 10.0. The Bertz CT molecular complexity index is 790. The summed E-state index contributed by atoms with van der Waals surface area (Å²) in [5.74, 6) is 1.09. The lowest BCUT2D eigenvalue weighted by Crippen LogP contribution is -1.97. The van der Waals surface area contributed by atoms with E-state index in [-0.39, 0.29) is 5.82 Å². The standard InChI is InChI=1S/C19H16FNO2/c1-22-19-8-7-16(20)10-18(19)15-9-14(11-21-12-15)13-23-17-5-3-2-4-6-17/h2-12H,13H2,1H3. The molecular weight excluding hydrogens is 293 g/mol. The van der Waals surface area contributed by atoms with Gasteiger partial charge in [0.05, 0.1) is 7.11 Å². The van der Waals surface area contributed by atoms with Crippen LogP contribution in [0.15, 0.2) is 67.0 Å². The number of aromatic nitrogens is 1. The summed E-state index contributed by atoms with van der Waals surface area (Å²) in [5, 5.41) is 0. The molecule has 3 nitrogen and oxygen atoms in total. The third-order valence-electron chi connectivity index (χ3n) is 3.42. The molecule has 0 unspecified atom stereocenters. The van der Waals surface area contributed by atoms with Crippen LogP contribution in [0, 0.1) is 5.82 Å². The highest BCUT2D eigenvalue weighted by atomic mass is 19.1. The van der Waals surface area contributed by atoms with Crippen LogP contribution in [0.5, 0.6) is 11.5 Å². The molecule has 3 rings (SSSR count). The Morgan fingerprint density at radius 2 is 1.83 bits per heavy atom. The fourth-order valence-corrected chi connectivity index (χ4v) is 2.30. The number of methoxy groups -OCH3 is 1. The first-order chi connectivity index (χ1) is 11.3. The number of ether oxygens (including phenoxy) is 2. The van der Waals surface area contributed by atoms with Crippen molar-refractivity contribution in [1.82, 2.24) is 4.98 Å². The van der Waals surface area contributed by atoms with Crippen molar-refractivity contribution in [3.63, 3.8) is 0 Å². The summed E-state index contributed by atoms with van der Waals surface area (Å²) < 4.78 is 24.6. The van der Waals surface area contributed by atoms with Gasteiger partial charge >= 0.3 is 0 Å². The first kappa shape index (κ1) is 15.0. The molecule has 0 fully saturated rings. The molecule has 0 saturated heterocycles. The number of rotatable bonds is 5. The number of pyridine rings is 1. The lowest BCUT2D eigenvalue weighted by Gasteiger charge is -2.10. The summed E-state index contributed by atoms with van der Waals surface area (Å²) in [6, 6.07) is 15.9. The number of para-hydroxylation sites is 1. The van der Waals surface area contributed by atoms with Gasteiger partial charge < -0.3 is 9.47 Å². The van der Waals surface area contributed by atoms with E-state index in [1.54, 1.807) is 25.6 Å². The minimum atomic E-state index is -0.313. The third kappa shape index (κ3) is 3.66. The zero-order valence-corrected chi connectivity index (χ0v) is 12.7. The van der Waals surface area contributed by atoms with Crippen LogP contribution in [-0.4, -0.2) is 12.1 Å². The topological polar surface area (TPSA) is 31.4 Å². The van der Waals surface area contributed by atoms with E-state index >= 15 is 0 Å². The zero-order chi connectivity index (χ0) is 16.1. The Morgan fingerprint density at radius 1 is 1.00 bits per heavy atom. The van der Waals surface area contributed by atoms with Gasteiger partial charge in [0.25, 0.3) is 0 Å². The maximum Gasteiger partial charge on any atom is 0.126 e. The SMILES string of the molecule is COc1ccc(F)cc1-c1cncc(COc2ccccc2)c1.